The standard InChI is InChI=1S/C36H38O7S/c1-5-34(37)42-22-7-6-21-40-31-16-14-30(15-17-31)29-12-9-28(10-13-29)11-20-35(38)44-32-18-19-33(27(4)25-32)41-23-8-24-43-36(39)26(2)3/h5,9-20,25H,1-2,6-8,21-24H2,3-4H3/b20-11+. The van der Waals surface area contributed by atoms with Gasteiger partial charge < -0.3 is 18.9 Å². The molecule has 0 atom stereocenters. The molecule has 44 heavy (non-hydrogen) atoms. The zero-order valence-corrected chi connectivity index (χ0v) is 26.0. The van der Waals surface area contributed by atoms with Crippen molar-refractivity contribution in [2.24, 2.45) is 0 Å². The highest BCUT2D eigenvalue weighted by Crippen LogP contribution is 2.27. The molecule has 7 nitrogen and oxygen atoms in total. The van der Waals surface area contributed by atoms with Crippen molar-refractivity contribution in [3.8, 4) is 22.6 Å². The number of thioether (sulfide) groups is 1. The molecule has 0 unspecified atom stereocenters. The maximum atomic E-state index is 12.6. The second-order valence-electron chi connectivity index (χ2n) is 9.87. The number of rotatable bonds is 17. The lowest BCUT2D eigenvalue weighted by Gasteiger charge is -2.10. The predicted molar refractivity (Wildman–Crippen MR) is 175 cm³/mol. The zero-order chi connectivity index (χ0) is 31.7. The van der Waals surface area contributed by atoms with Crippen molar-refractivity contribution >= 4 is 34.9 Å². The molecule has 0 aliphatic heterocycles. The van der Waals surface area contributed by atoms with E-state index in [0.29, 0.717) is 31.8 Å². The van der Waals surface area contributed by atoms with Crippen LogP contribution in [0.5, 0.6) is 11.5 Å². The predicted octanol–water partition coefficient (Wildman–Crippen LogP) is 7.77. The summed E-state index contributed by atoms with van der Waals surface area (Å²) in [6.07, 6.45) is 6.61. The van der Waals surface area contributed by atoms with Crippen LogP contribution in [0.25, 0.3) is 17.2 Å². The van der Waals surface area contributed by atoms with Gasteiger partial charge in [-0.25, -0.2) is 9.59 Å². The van der Waals surface area contributed by atoms with Crippen molar-refractivity contribution in [2.45, 2.75) is 38.0 Å². The number of esters is 2. The number of aryl methyl sites for hydroxylation is 1. The van der Waals surface area contributed by atoms with E-state index in [0.717, 1.165) is 69.3 Å². The first-order valence-corrected chi connectivity index (χ1v) is 15.2. The van der Waals surface area contributed by atoms with Crippen LogP contribution in [0, 0.1) is 6.92 Å². The van der Waals surface area contributed by atoms with Crippen molar-refractivity contribution in [1.82, 2.24) is 0 Å². The smallest absolute Gasteiger partial charge is 0.333 e. The number of carbonyl (C=O) groups is 3. The Bertz CT molecular complexity index is 1460. The van der Waals surface area contributed by atoms with Gasteiger partial charge in [-0.3, -0.25) is 4.79 Å². The number of hydrogen-bond donors (Lipinski definition) is 0. The Morgan fingerprint density at radius 3 is 2.09 bits per heavy atom. The Hall–Kier alpha value is -4.56. The number of ether oxygens (including phenoxy) is 4. The van der Waals surface area contributed by atoms with Gasteiger partial charge in [-0.2, -0.15) is 0 Å². The van der Waals surface area contributed by atoms with Gasteiger partial charge in [0.05, 0.1) is 26.4 Å². The molecule has 0 aromatic heterocycles. The van der Waals surface area contributed by atoms with Crippen LogP contribution >= 0.6 is 11.8 Å². The molecule has 0 amide bonds. The summed E-state index contributed by atoms with van der Waals surface area (Å²) >= 11 is 1.15. The van der Waals surface area contributed by atoms with E-state index in [1.54, 1.807) is 19.1 Å². The molecule has 0 aliphatic rings. The van der Waals surface area contributed by atoms with Gasteiger partial charge in [-0.1, -0.05) is 55.6 Å². The first kappa shape index (κ1) is 33.9. The molecule has 0 bridgehead atoms. The van der Waals surface area contributed by atoms with Gasteiger partial charge in [0.2, 0.25) is 5.12 Å². The molecule has 0 saturated heterocycles. The van der Waals surface area contributed by atoms with Crippen molar-refractivity contribution in [2.75, 3.05) is 26.4 Å². The van der Waals surface area contributed by atoms with Crippen LogP contribution in [0.3, 0.4) is 0 Å². The summed E-state index contributed by atoms with van der Waals surface area (Å²) in [4.78, 5) is 35.8. The molecule has 0 aliphatic carbocycles. The minimum atomic E-state index is -0.409. The Morgan fingerprint density at radius 1 is 0.795 bits per heavy atom. The lowest BCUT2D eigenvalue weighted by atomic mass is 10.0. The third-order valence-corrected chi connectivity index (χ3v) is 7.05. The average molecular weight is 615 g/mol. The van der Waals surface area contributed by atoms with Crippen molar-refractivity contribution in [3.63, 3.8) is 0 Å². The third kappa shape index (κ3) is 12.0. The largest absolute Gasteiger partial charge is 0.494 e. The van der Waals surface area contributed by atoms with Crippen LogP contribution in [0.15, 0.2) is 103 Å². The summed E-state index contributed by atoms with van der Waals surface area (Å²) in [7, 11) is 0. The van der Waals surface area contributed by atoms with E-state index in [-0.39, 0.29) is 11.7 Å². The maximum absolute atomic E-state index is 12.6. The zero-order valence-electron chi connectivity index (χ0n) is 25.2. The van der Waals surface area contributed by atoms with E-state index in [1.807, 2.05) is 73.7 Å². The topological polar surface area (TPSA) is 88.1 Å². The number of carbonyl (C=O) groups excluding carboxylic acids is 3. The summed E-state index contributed by atoms with van der Waals surface area (Å²) in [5, 5.41) is -0.0742. The monoisotopic (exact) mass is 614 g/mol. The third-order valence-electron chi connectivity index (χ3n) is 6.22. The number of hydrogen-bond acceptors (Lipinski definition) is 8. The molecule has 0 fully saturated rings. The minimum absolute atomic E-state index is 0.0742. The second-order valence-corrected chi connectivity index (χ2v) is 11.0. The van der Waals surface area contributed by atoms with Gasteiger partial charge in [-0.15, -0.1) is 0 Å². The maximum Gasteiger partial charge on any atom is 0.333 e. The van der Waals surface area contributed by atoms with E-state index in [4.69, 9.17) is 18.9 Å². The van der Waals surface area contributed by atoms with Crippen LogP contribution in [-0.4, -0.2) is 43.5 Å². The molecular formula is C36H38O7S. The highest BCUT2D eigenvalue weighted by molar-refractivity contribution is 8.14. The number of benzene rings is 3. The van der Waals surface area contributed by atoms with E-state index < -0.39 is 11.9 Å². The van der Waals surface area contributed by atoms with Crippen LogP contribution < -0.4 is 9.47 Å². The van der Waals surface area contributed by atoms with Crippen LogP contribution in [-0.2, 0) is 23.9 Å². The first-order chi connectivity index (χ1) is 21.2. The van der Waals surface area contributed by atoms with Gasteiger partial charge in [0, 0.05) is 23.0 Å². The van der Waals surface area contributed by atoms with Gasteiger partial charge in [0.15, 0.2) is 0 Å². The molecular weight excluding hydrogens is 576 g/mol. The molecule has 0 saturated carbocycles. The lowest BCUT2D eigenvalue weighted by Crippen LogP contribution is -2.09. The van der Waals surface area contributed by atoms with Crippen molar-refractivity contribution < 1.29 is 33.3 Å². The fraction of sp³-hybridized carbons (Fsp3) is 0.250. The van der Waals surface area contributed by atoms with E-state index >= 15 is 0 Å². The highest BCUT2D eigenvalue weighted by Gasteiger charge is 2.07. The summed E-state index contributed by atoms with van der Waals surface area (Å²) in [6.45, 7) is 12.0. The second kappa shape index (κ2) is 18.2. The molecule has 3 rings (SSSR count). The van der Waals surface area contributed by atoms with E-state index in [1.165, 1.54) is 0 Å². The highest BCUT2D eigenvalue weighted by atomic mass is 32.2. The van der Waals surface area contributed by atoms with Crippen LogP contribution in [0.4, 0.5) is 0 Å². The lowest BCUT2D eigenvalue weighted by molar-refractivity contribution is -0.139. The van der Waals surface area contributed by atoms with Crippen LogP contribution in [0.2, 0.25) is 0 Å². The number of unbranched alkanes of at least 4 members (excludes halogenated alkanes) is 1. The van der Waals surface area contributed by atoms with Gasteiger partial charge in [0.1, 0.15) is 11.5 Å². The molecule has 3 aromatic carbocycles. The molecule has 3 aromatic rings. The Morgan fingerprint density at radius 2 is 1.43 bits per heavy atom. The van der Waals surface area contributed by atoms with Crippen LogP contribution in [0.1, 0.15) is 37.3 Å². The fourth-order valence-corrected chi connectivity index (χ4v) is 4.59. The normalized spacial score (nSPS) is 10.7. The van der Waals surface area contributed by atoms with Crippen molar-refractivity contribution in [1.29, 1.82) is 0 Å². The molecule has 0 spiro atoms. The SMILES string of the molecule is C=CC(=O)OCCCCOc1ccc(-c2ccc(/C=C/C(=O)Sc3ccc(OCCCOC(=O)C(=C)C)c(C)c3)cc2)cc1. The molecule has 0 heterocycles. The molecule has 0 radical (unpaired) electrons. The summed E-state index contributed by atoms with van der Waals surface area (Å²) in [5.74, 6) is 0.700. The average Bonchev–Trinajstić information content (AvgIpc) is 3.02. The summed E-state index contributed by atoms with van der Waals surface area (Å²) < 4.78 is 21.6. The van der Waals surface area contributed by atoms with E-state index in [9.17, 15) is 14.4 Å². The molecule has 8 heteroatoms. The first-order valence-electron chi connectivity index (χ1n) is 14.3. The quantitative estimate of drug-likeness (QED) is 0.0660. The Labute approximate surface area is 263 Å². The van der Waals surface area contributed by atoms with Crippen molar-refractivity contribution in [3.05, 3.63) is 109 Å². The van der Waals surface area contributed by atoms with Gasteiger partial charge >= 0.3 is 11.9 Å². The summed E-state index contributed by atoms with van der Waals surface area (Å²) in [5.41, 5.74) is 4.34. The molecule has 230 valence electrons. The summed E-state index contributed by atoms with van der Waals surface area (Å²) in [6, 6.07) is 21.5. The Balaban J connectivity index is 1.41. The molecule has 0 N–H and O–H groups in total. The fourth-order valence-electron chi connectivity index (χ4n) is 3.85. The van der Waals surface area contributed by atoms with Gasteiger partial charge in [0.25, 0.3) is 0 Å². The van der Waals surface area contributed by atoms with E-state index in [2.05, 4.69) is 13.2 Å². The Kier molecular flexibility index (Phi) is 14.0. The minimum Gasteiger partial charge on any atom is -0.494 e. The van der Waals surface area contributed by atoms with Gasteiger partial charge in [-0.05, 0) is 97.1 Å².